The number of benzene rings is 1. The van der Waals surface area contributed by atoms with Gasteiger partial charge >= 0.3 is 12.3 Å². The van der Waals surface area contributed by atoms with Gasteiger partial charge in [0, 0.05) is 4.47 Å². The van der Waals surface area contributed by atoms with Gasteiger partial charge in [-0.1, -0.05) is 29.8 Å². The lowest BCUT2D eigenvalue weighted by molar-refractivity contribution is -0.139. The first kappa shape index (κ1) is 18.6. The highest BCUT2D eigenvalue weighted by molar-refractivity contribution is 9.10. The molecule has 0 bridgehead atoms. The van der Waals surface area contributed by atoms with E-state index in [-0.39, 0.29) is 22.7 Å². The highest BCUT2D eigenvalue weighted by Gasteiger charge is 2.34. The Hall–Kier alpha value is -1.44. The van der Waals surface area contributed by atoms with Gasteiger partial charge in [0.05, 0.1) is 11.6 Å². The molecule has 1 aromatic rings. The minimum atomic E-state index is -4.55. The molecule has 0 heterocycles. The zero-order valence-corrected chi connectivity index (χ0v) is 13.7. The Morgan fingerprint density at radius 3 is 2.55 bits per heavy atom. The standard InChI is InChI=1S/C14H17BrF3NO3/c1-8(2)5-10(19-13(20)21)7-22-12-4-3-9(15)6-11(12)14(16,17)18/h3-4,6,8,10,19H,5,7H2,1-2H3,(H,20,21). The lowest BCUT2D eigenvalue weighted by atomic mass is 10.0. The van der Waals surface area contributed by atoms with E-state index in [1.807, 2.05) is 13.8 Å². The van der Waals surface area contributed by atoms with Gasteiger partial charge in [0.25, 0.3) is 0 Å². The Balaban J connectivity index is 2.87. The topological polar surface area (TPSA) is 58.6 Å². The monoisotopic (exact) mass is 383 g/mol. The number of carboxylic acid groups (broad SMARTS) is 1. The fourth-order valence-electron chi connectivity index (χ4n) is 1.95. The second-order valence-electron chi connectivity index (χ2n) is 5.23. The van der Waals surface area contributed by atoms with Gasteiger partial charge in [-0.25, -0.2) is 4.79 Å². The molecule has 0 fully saturated rings. The average Bonchev–Trinajstić information content (AvgIpc) is 2.34. The third-order valence-corrected chi connectivity index (χ3v) is 3.26. The lowest BCUT2D eigenvalue weighted by Crippen LogP contribution is -2.39. The molecule has 0 radical (unpaired) electrons. The van der Waals surface area contributed by atoms with Crippen molar-refractivity contribution >= 4 is 22.0 Å². The molecule has 8 heteroatoms. The van der Waals surface area contributed by atoms with Crippen LogP contribution in [0.2, 0.25) is 0 Å². The summed E-state index contributed by atoms with van der Waals surface area (Å²) in [6.45, 7) is 3.60. The third kappa shape index (κ3) is 6.13. The van der Waals surface area contributed by atoms with Crippen LogP contribution in [0.1, 0.15) is 25.8 Å². The van der Waals surface area contributed by atoms with Crippen LogP contribution in [0.25, 0.3) is 0 Å². The van der Waals surface area contributed by atoms with Gasteiger partial charge in [-0.15, -0.1) is 0 Å². The van der Waals surface area contributed by atoms with Crippen LogP contribution in [-0.2, 0) is 6.18 Å². The maximum Gasteiger partial charge on any atom is 0.420 e. The molecule has 0 aliphatic heterocycles. The van der Waals surface area contributed by atoms with Gasteiger partial charge in [-0.05, 0) is 30.5 Å². The molecular formula is C14H17BrF3NO3. The maximum absolute atomic E-state index is 13.0. The summed E-state index contributed by atoms with van der Waals surface area (Å²) >= 11 is 2.99. The summed E-state index contributed by atoms with van der Waals surface area (Å²) in [6, 6.07) is 2.99. The molecule has 4 nitrogen and oxygen atoms in total. The van der Waals surface area contributed by atoms with Gasteiger partial charge in [0.15, 0.2) is 0 Å². The summed E-state index contributed by atoms with van der Waals surface area (Å²) in [5, 5.41) is 11.0. The van der Waals surface area contributed by atoms with Crippen LogP contribution < -0.4 is 10.1 Å². The van der Waals surface area contributed by atoms with Crippen LogP contribution in [0.15, 0.2) is 22.7 Å². The van der Waals surface area contributed by atoms with E-state index in [2.05, 4.69) is 21.2 Å². The number of ether oxygens (including phenoxy) is 1. The highest BCUT2D eigenvalue weighted by atomic mass is 79.9. The average molecular weight is 384 g/mol. The molecule has 1 amide bonds. The Morgan fingerprint density at radius 2 is 2.05 bits per heavy atom. The van der Waals surface area contributed by atoms with E-state index in [0.717, 1.165) is 6.07 Å². The van der Waals surface area contributed by atoms with Crippen LogP contribution in [0, 0.1) is 5.92 Å². The second-order valence-corrected chi connectivity index (χ2v) is 6.14. The SMILES string of the molecule is CC(C)CC(COc1ccc(Br)cc1C(F)(F)F)NC(=O)O. The van der Waals surface area contributed by atoms with Gasteiger partial charge in [-0.2, -0.15) is 13.2 Å². The van der Waals surface area contributed by atoms with Crippen molar-refractivity contribution in [2.24, 2.45) is 5.92 Å². The minimum Gasteiger partial charge on any atom is -0.491 e. The molecule has 1 unspecified atom stereocenters. The Bertz CT molecular complexity index is 521. The van der Waals surface area contributed by atoms with Gasteiger partial charge in [0.2, 0.25) is 0 Å². The number of nitrogens with one attached hydrogen (secondary N) is 1. The number of hydrogen-bond acceptors (Lipinski definition) is 2. The van der Waals surface area contributed by atoms with E-state index in [4.69, 9.17) is 9.84 Å². The normalized spacial score (nSPS) is 13.0. The molecule has 0 aliphatic carbocycles. The van der Waals surface area contributed by atoms with Crippen LogP contribution in [0.3, 0.4) is 0 Å². The lowest BCUT2D eigenvalue weighted by Gasteiger charge is -2.21. The number of hydrogen-bond donors (Lipinski definition) is 2. The Morgan fingerprint density at radius 1 is 1.41 bits per heavy atom. The molecule has 0 aromatic heterocycles. The number of rotatable bonds is 6. The zero-order chi connectivity index (χ0) is 16.9. The number of halogens is 4. The molecular weight excluding hydrogens is 367 g/mol. The molecule has 0 saturated carbocycles. The summed E-state index contributed by atoms with van der Waals surface area (Å²) in [7, 11) is 0. The summed E-state index contributed by atoms with van der Waals surface area (Å²) in [4.78, 5) is 10.7. The number of carbonyl (C=O) groups is 1. The first-order valence-electron chi connectivity index (χ1n) is 6.58. The van der Waals surface area contributed by atoms with Crippen LogP contribution in [0.4, 0.5) is 18.0 Å². The maximum atomic E-state index is 13.0. The van der Waals surface area contributed by atoms with Crippen molar-refractivity contribution in [3.63, 3.8) is 0 Å². The van der Waals surface area contributed by atoms with Crippen molar-refractivity contribution in [2.75, 3.05) is 6.61 Å². The Labute approximate surface area is 134 Å². The largest absolute Gasteiger partial charge is 0.491 e. The first-order chi connectivity index (χ1) is 10.1. The van der Waals surface area contributed by atoms with Crippen LogP contribution >= 0.6 is 15.9 Å². The van der Waals surface area contributed by atoms with Crippen molar-refractivity contribution in [1.82, 2.24) is 5.32 Å². The predicted octanol–water partition coefficient (Wildman–Crippen LogP) is 4.53. The molecule has 1 aromatic carbocycles. The summed E-state index contributed by atoms with van der Waals surface area (Å²) in [5.74, 6) is -0.149. The van der Waals surface area contributed by atoms with Crippen molar-refractivity contribution < 1.29 is 27.8 Å². The van der Waals surface area contributed by atoms with Crippen molar-refractivity contribution in [1.29, 1.82) is 0 Å². The Kier molecular flexibility index (Phi) is 6.52. The van der Waals surface area contributed by atoms with E-state index < -0.39 is 23.9 Å². The summed E-state index contributed by atoms with van der Waals surface area (Å²) < 4.78 is 44.4. The molecule has 0 aliphatic rings. The zero-order valence-electron chi connectivity index (χ0n) is 12.1. The molecule has 1 atom stereocenters. The van der Waals surface area contributed by atoms with Crippen molar-refractivity contribution in [3.8, 4) is 5.75 Å². The van der Waals surface area contributed by atoms with E-state index in [9.17, 15) is 18.0 Å². The number of alkyl halides is 3. The van der Waals surface area contributed by atoms with Gasteiger partial charge < -0.3 is 15.2 Å². The molecule has 0 saturated heterocycles. The number of amides is 1. The first-order valence-corrected chi connectivity index (χ1v) is 7.38. The van der Waals surface area contributed by atoms with Crippen LogP contribution in [0.5, 0.6) is 5.75 Å². The quantitative estimate of drug-likeness (QED) is 0.758. The van der Waals surface area contributed by atoms with Crippen molar-refractivity contribution in [2.45, 2.75) is 32.5 Å². The van der Waals surface area contributed by atoms with Crippen molar-refractivity contribution in [3.05, 3.63) is 28.2 Å². The highest BCUT2D eigenvalue weighted by Crippen LogP contribution is 2.37. The van der Waals surface area contributed by atoms with E-state index in [1.54, 1.807) is 0 Å². The minimum absolute atomic E-state index is 0.171. The fraction of sp³-hybridized carbons (Fsp3) is 0.500. The third-order valence-electron chi connectivity index (χ3n) is 2.77. The second kappa shape index (κ2) is 7.71. The van der Waals surface area contributed by atoms with E-state index in [0.29, 0.717) is 6.42 Å². The fourth-order valence-corrected chi connectivity index (χ4v) is 2.31. The molecule has 1 rings (SSSR count). The van der Waals surface area contributed by atoms with Gasteiger partial charge in [-0.3, -0.25) is 0 Å². The van der Waals surface area contributed by atoms with Gasteiger partial charge in [0.1, 0.15) is 12.4 Å². The summed E-state index contributed by atoms with van der Waals surface area (Å²) in [6.07, 6.45) is -5.32. The van der Waals surface area contributed by atoms with Crippen LogP contribution in [-0.4, -0.2) is 23.8 Å². The smallest absolute Gasteiger partial charge is 0.420 e. The van der Waals surface area contributed by atoms with E-state index in [1.165, 1.54) is 12.1 Å². The molecule has 2 N–H and O–H groups in total. The summed E-state index contributed by atoms with van der Waals surface area (Å²) in [5.41, 5.74) is -0.902. The predicted molar refractivity (Wildman–Crippen MR) is 79.0 cm³/mol. The van der Waals surface area contributed by atoms with E-state index >= 15 is 0 Å². The molecule has 22 heavy (non-hydrogen) atoms. The molecule has 124 valence electrons. The molecule has 0 spiro atoms.